The molecule has 2 aliphatic rings. The van der Waals surface area contributed by atoms with Gasteiger partial charge in [-0.3, -0.25) is 14.7 Å². The first kappa shape index (κ1) is 16.0. The Balaban J connectivity index is 1.93. The molecule has 0 unspecified atom stereocenters. The maximum Gasteiger partial charge on any atom is 0.320 e. The fourth-order valence-corrected chi connectivity index (χ4v) is 3.26. The molecule has 0 N–H and O–H groups in total. The summed E-state index contributed by atoms with van der Waals surface area (Å²) < 4.78 is 5.00. The number of ether oxygens (including phenoxy) is 1. The summed E-state index contributed by atoms with van der Waals surface area (Å²) >= 11 is 0. The van der Waals surface area contributed by atoms with Crippen LogP contribution in [-0.4, -0.2) is 60.9 Å². The molecule has 0 aromatic carbocycles. The molecule has 0 amide bonds. The molecule has 1 saturated heterocycles. The van der Waals surface area contributed by atoms with E-state index in [1.54, 1.807) is 0 Å². The molecule has 2 rings (SSSR count). The molecule has 5 heteroatoms. The standard InChI is InChI=1S/C16H27N3O2/c1-6-21-16(20)10-18(5)8-14-7-15-11(2)12(3)17-13(4)19(15)9-14/h12,14H,6-10H2,1-5H3/t12-,14+/m0/s1. The first-order chi connectivity index (χ1) is 9.92. The molecule has 2 aliphatic heterocycles. The molecule has 0 bridgehead atoms. The Labute approximate surface area is 127 Å². The zero-order valence-corrected chi connectivity index (χ0v) is 13.8. The molecular weight excluding hydrogens is 266 g/mol. The van der Waals surface area contributed by atoms with Gasteiger partial charge < -0.3 is 9.64 Å². The number of nitrogens with zero attached hydrogens (tertiary/aromatic N) is 3. The van der Waals surface area contributed by atoms with Crippen molar-refractivity contribution in [2.75, 3.05) is 33.3 Å². The number of hydrogen-bond acceptors (Lipinski definition) is 5. The highest BCUT2D eigenvalue weighted by molar-refractivity contribution is 5.83. The maximum atomic E-state index is 11.5. The summed E-state index contributed by atoms with van der Waals surface area (Å²) in [6.07, 6.45) is 1.08. The van der Waals surface area contributed by atoms with Crippen molar-refractivity contribution in [2.24, 2.45) is 10.9 Å². The summed E-state index contributed by atoms with van der Waals surface area (Å²) in [7, 11) is 1.99. The Kier molecular flexibility index (Phi) is 5.04. The smallest absolute Gasteiger partial charge is 0.320 e. The van der Waals surface area contributed by atoms with Crippen LogP contribution in [0.3, 0.4) is 0 Å². The highest BCUT2D eigenvalue weighted by atomic mass is 16.5. The summed E-state index contributed by atoms with van der Waals surface area (Å²) in [5, 5.41) is 0. The second-order valence-electron chi connectivity index (χ2n) is 6.16. The molecule has 0 spiro atoms. The zero-order valence-electron chi connectivity index (χ0n) is 13.8. The van der Waals surface area contributed by atoms with E-state index in [-0.39, 0.29) is 5.97 Å². The molecule has 2 heterocycles. The number of carbonyl (C=O) groups excluding carboxylic acids is 1. The fraction of sp³-hybridized carbons (Fsp3) is 0.750. The van der Waals surface area contributed by atoms with Gasteiger partial charge in [0.15, 0.2) is 0 Å². The van der Waals surface area contributed by atoms with E-state index in [9.17, 15) is 4.79 Å². The molecule has 0 saturated carbocycles. The minimum absolute atomic E-state index is 0.141. The molecule has 0 aromatic heterocycles. The molecular formula is C16H27N3O2. The third kappa shape index (κ3) is 3.64. The van der Waals surface area contributed by atoms with Gasteiger partial charge in [0, 0.05) is 18.8 Å². The summed E-state index contributed by atoms with van der Waals surface area (Å²) in [4.78, 5) is 20.6. The van der Waals surface area contributed by atoms with Gasteiger partial charge in [-0.15, -0.1) is 0 Å². The number of hydrogen-bond donors (Lipinski definition) is 0. The topological polar surface area (TPSA) is 45.1 Å². The van der Waals surface area contributed by atoms with E-state index < -0.39 is 0 Å². The normalized spacial score (nSPS) is 25.2. The summed E-state index contributed by atoms with van der Waals surface area (Å²) in [6.45, 7) is 11.0. The van der Waals surface area contributed by atoms with Crippen molar-refractivity contribution in [3.8, 4) is 0 Å². The van der Waals surface area contributed by atoms with Gasteiger partial charge in [-0.1, -0.05) is 0 Å². The average molecular weight is 293 g/mol. The monoisotopic (exact) mass is 293 g/mol. The molecule has 5 nitrogen and oxygen atoms in total. The van der Waals surface area contributed by atoms with Crippen LogP contribution in [0.2, 0.25) is 0 Å². The predicted octanol–water partition coefficient (Wildman–Crippen LogP) is 1.90. The van der Waals surface area contributed by atoms with Crippen LogP contribution < -0.4 is 0 Å². The third-order valence-electron chi connectivity index (χ3n) is 4.38. The lowest BCUT2D eigenvalue weighted by Crippen LogP contribution is -2.34. The SMILES string of the molecule is CCOC(=O)CN(C)C[C@H]1CC2=C(C)[C@H](C)N=C(C)N2C1. The van der Waals surface area contributed by atoms with Crippen molar-refractivity contribution in [1.82, 2.24) is 9.80 Å². The third-order valence-corrected chi connectivity index (χ3v) is 4.38. The number of allylic oxidation sites excluding steroid dienone is 1. The lowest BCUT2D eigenvalue weighted by Gasteiger charge is -2.29. The summed E-state index contributed by atoms with van der Waals surface area (Å²) in [5.41, 5.74) is 2.82. The van der Waals surface area contributed by atoms with Crippen molar-refractivity contribution >= 4 is 11.8 Å². The van der Waals surface area contributed by atoms with Crippen LogP contribution in [0.1, 0.15) is 34.1 Å². The Morgan fingerprint density at radius 1 is 1.48 bits per heavy atom. The van der Waals surface area contributed by atoms with Crippen molar-refractivity contribution in [3.05, 3.63) is 11.3 Å². The number of carbonyl (C=O) groups is 1. The molecule has 1 fully saturated rings. The lowest BCUT2D eigenvalue weighted by molar-refractivity contribution is -0.144. The highest BCUT2D eigenvalue weighted by Crippen LogP contribution is 2.34. The Morgan fingerprint density at radius 2 is 2.19 bits per heavy atom. The number of esters is 1. The Bertz CT molecular complexity index is 470. The lowest BCUT2D eigenvalue weighted by atomic mass is 10.0. The van der Waals surface area contributed by atoms with Crippen molar-refractivity contribution in [1.29, 1.82) is 0 Å². The number of rotatable bonds is 5. The highest BCUT2D eigenvalue weighted by Gasteiger charge is 2.33. The Hall–Kier alpha value is -1.36. The molecule has 2 atom stereocenters. The average Bonchev–Trinajstić information content (AvgIpc) is 2.80. The summed E-state index contributed by atoms with van der Waals surface area (Å²) in [6, 6.07) is 0.298. The van der Waals surface area contributed by atoms with Crippen LogP contribution in [0.25, 0.3) is 0 Å². The van der Waals surface area contributed by atoms with Crippen LogP contribution in [0, 0.1) is 5.92 Å². The van der Waals surface area contributed by atoms with Gasteiger partial charge in [0.1, 0.15) is 5.84 Å². The van der Waals surface area contributed by atoms with Crippen LogP contribution in [0.5, 0.6) is 0 Å². The molecule has 21 heavy (non-hydrogen) atoms. The second-order valence-corrected chi connectivity index (χ2v) is 6.16. The Morgan fingerprint density at radius 3 is 2.86 bits per heavy atom. The van der Waals surface area contributed by atoms with Gasteiger partial charge in [0.2, 0.25) is 0 Å². The first-order valence-electron chi connectivity index (χ1n) is 7.78. The van der Waals surface area contributed by atoms with Gasteiger partial charge >= 0.3 is 5.97 Å². The van der Waals surface area contributed by atoms with Gasteiger partial charge in [0.05, 0.1) is 19.2 Å². The van der Waals surface area contributed by atoms with Crippen molar-refractivity contribution in [3.63, 3.8) is 0 Å². The van der Waals surface area contributed by atoms with E-state index in [2.05, 4.69) is 35.6 Å². The van der Waals surface area contributed by atoms with E-state index in [4.69, 9.17) is 4.74 Å². The van der Waals surface area contributed by atoms with Crippen LogP contribution >= 0.6 is 0 Å². The quantitative estimate of drug-likeness (QED) is 0.726. The summed E-state index contributed by atoms with van der Waals surface area (Å²) in [5.74, 6) is 1.53. The number of fused-ring (bicyclic) bond motifs is 1. The van der Waals surface area contributed by atoms with Crippen molar-refractivity contribution < 1.29 is 9.53 Å². The van der Waals surface area contributed by atoms with Gasteiger partial charge in [-0.25, -0.2) is 0 Å². The second kappa shape index (κ2) is 6.60. The van der Waals surface area contributed by atoms with E-state index in [1.807, 2.05) is 14.0 Å². The molecule has 0 aliphatic carbocycles. The number of aliphatic imine (C=N–C) groups is 1. The number of amidine groups is 1. The van der Waals surface area contributed by atoms with Crippen LogP contribution in [-0.2, 0) is 9.53 Å². The minimum Gasteiger partial charge on any atom is -0.465 e. The van der Waals surface area contributed by atoms with Crippen LogP contribution in [0.4, 0.5) is 0 Å². The van der Waals surface area contributed by atoms with Crippen LogP contribution in [0.15, 0.2) is 16.3 Å². The van der Waals surface area contributed by atoms with E-state index >= 15 is 0 Å². The maximum absolute atomic E-state index is 11.5. The number of likely N-dealkylation sites (N-methyl/N-ethyl adjacent to an activating group) is 1. The fourth-order valence-electron chi connectivity index (χ4n) is 3.26. The van der Waals surface area contributed by atoms with Crippen molar-refractivity contribution in [2.45, 2.75) is 40.2 Å². The van der Waals surface area contributed by atoms with Gasteiger partial charge in [-0.05, 0) is 52.7 Å². The van der Waals surface area contributed by atoms with Gasteiger partial charge in [-0.2, -0.15) is 0 Å². The first-order valence-corrected chi connectivity index (χ1v) is 7.78. The molecule has 0 radical (unpaired) electrons. The van der Waals surface area contributed by atoms with Gasteiger partial charge in [0.25, 0.3) is 0 Å². The largest absolute Gasteiger partial charge is 0.465 e. The molecule has 118 valence electrons. The minimum atomic E-state index is -0.141. The predicted molar refractivity (Wildman–Crippen MR) is 84.2 cm³/mol. The van der Waals surface area contributed by atoms with E-state index in [0.29, 0.717) is 25.1 Å². The molecule has 0 aromatic rings. The van der Waals surface area contributed by atoms with E-state index in [0.717, 1.165) is 25.3 Å². The zero-order chi connectivity index (χ0) is 15.6. The van der Waals surface area contributed by atoms with E-state index in [1.165, 1.54) is 11.3 Å².